The summed E-state index contributed by atoms with van der Waals surface area (Å²) in [5.74, 6) is 1.77. The van der Waals surface area contributed by atoms with Crippen LogP contribution < -0.4 is 14.8 Å². The van der Waals surface area contributed by atoms with Crippen LogP contribution in [0.5, 0.6) is 11.5 Å². The van der Waals surface area contributed by atoms with Crippen LogP contribution in [0.25, 0.3) is 0 Å². The minimum absolute atomic E-state index is 0.531. The summed E-state index contributed by atoms with van der Waals surface area (Å²) in [6, 6.07) is 6.58. The van der Waals surface area contributed by atoms with Gasteiger partial charge in [0, 0.05) is 18.2 Å². The summed E-state index contributed by atoms with van der Waals surface area (Å²) in [7, 11) is 1.68. The quantitative estimate of drug-likeness (QED) is 0.734. The Bertz CT molecular complexity index is 386. The summed E-state index contributed by atoms with van der Waals surface area (Å²) in [6.07, 6.45) is 4.32. The standard InChI is InChI=1S/C14H19NO2/c1-3-8-17-14-7-6-13(16-2)9-11(14)10-15-12-4-5-12/h3,6-7,9,12,15H,1,4-5,8,10H2,2H3. The molecule has 92 valence electrons. The molecule has 1 saturated carbocycles. The fourth-order valence-corrected chi connectivity index (χ4v) is 1.65. The number of hydrogen-bond acceptors (Lipinski definition) is 3. The predicted octanol–water partition coefficient (Wildman–Crippen LogP) is 2.51. The van der Waals surface area contributed by atoms with Crippen molar-refractivity contribution < 1.29 is 9.47 Å². The Morgan fingerprint density at radius 2 is 2.29 bits per heavy atom. The molecule has 1 N–H and O–H groups in total. The number of ether oxygens (including phenoxy) is 2. The van der Waals surface area contributed by atoms with E-state index in [9.17, 15) is 0 Å². The van der Waals surface area contributed by atoms with Crippen molar-refractivity contribution in [2.75, 3.05) is 13.7 Å². The van der Waals surface area contributed by atoms with Crippen molar-refractivity contribution >= 4 is 0 Å². The Labute approximate surface area is 102 Å². The van der Waals surface area contributed by atoms with Crippen LogP contribution in [0.4, 0.5) is 0 Å². The van der Waals surface area contributed by atoms with Gasteiger partial charge in [0.1, 0.15) is 18.1 Å². The van der Waals surface area contributed by atoms with E-state index in [0.29, 0.717) is 12.6 Å². The molecule has 1 aromatic rings. The fraction of sp³-hybridized carbons (Fsp3) is 0.429. The largest absolute Gasteiger partial charge is 0.497 e. The van der Waals surface area contributed by atoms with Gasteiger partial charge in [-0.15, -0.1) is 0 Å². The SMILES string of the molecule is C=CCOc1ccc(OC)cc1CNC1CC1. The molecule has 0 unspecified atom stereocenters. The molecule has 0 radical (unpaired) electrons. The zero-order valence-electron chi connectivity index (χ0n) is 10.2. The molecule has 0 atom stereocenters. The van der Waals surface area contributed by atoms with E-state index >= 15 is 0 Å². The molecule has 0 saturated heterocycles. The maximum atomic E-state index is 5.62. The lowest BCUT2D eigenvalue weighted by atomic mass is 10.2. The number of nitrogens with one attached hydrogen (secondary N) is 1. The Hall–Kier alpha value is -1.48. The topological polar surface area (TPSA) is 30.5 Å². The first kappa shape index (κ1) is 12.0. The maximum Gasteiger partial charge on any atom is 0.124 e. The van der Waals surface area contributed by atoms with Crippen LogP contribution in [0.2, 0.25) is 0 Å². The zero-order chi connectivity index (χ0) is 12.1. The summed E-state index contributed by atoms with van der Waals surface area (Å²) in [6.45, 7) is 5.02. The summed E-state index contributed by atoms with van der Waals surface area (Å²) in [4.78, 5) is 0. The molecule has 0 amide bonds. The molecule has 3 nitrogen and oxygen atoms in total. The van der Waals surface area contributed by atoms with Crippen molar-refractivity contribution in [2.24, 2.45) is 0 Å². The van der Waals surface area contributed by atoms with Gasteiger partial charge >= 0.3 is 0 Å². The maximum absolute atomic E-state index is 5.62. The van der Waals surface area contributed by atoms with Gasteiger partial charge in [0.25, 0.3) is 0 Å². The predicted molar refractivity (Wildman–Crippen MR) is 68.5 cm³/mol. The molecule has 1 aliphatic carbocycles. The number of benzene rings is 1. The van der Waals surface area contributed by atoms with Crippen LogP contribution in [-0.4, -0.2) is 19.8 Å². The second-order valence-corrected chi connectivity index (χ2v) is 4.23. The van der Waals surface area contributed by atoms with Gasteiger partial charge in [-0.3, -0.25) is 0 Å². The molecule has 17 heavy (non-hydrogen) atoms. The van der Waals surface area contributed by atoms with Gasteiger partial charge in [-0.2, -0.15) is 0 Å². The minimum Gasteiger partial charge on any atom is -0.497 e. The van der Waals surface area contributed by atoms with E-state index in [2.05, 4.69) is 11.9 Å². The Morgan fingerprint density at radius 1 is 1.47 bits per heavy atom. The molecule has 0 heterocycles. The summed E-state index contributed by atoms with van der Waals surface area (Å²) in [5, 5.41) is 3.48. The molecule has 0 spiro atoms. The van der Waals surface area contributed by atoms with Crippen molar-refractivity contribution in [2.45, 2.75) is 25.4 Å². The van der Waals surface area contributed by atoms with Crippen LogP contribution in [0.3, 0.4) is 0 Å². The second kappa shape index (κ2) is 5.73. The first-order chi connectivity index (χ1) is 8.33. The monoisotopic (exact) mass is 233 g/mol. The van der Waals surface area contributed by atoms with Gasteiger partial charge in [-0.05, 0) is 31.0 Å². The first-order valence-electron chi connectivity index (χ1n) is 5.97. The molecule has 0 aliphatic heterocycles. The molecule has 1 aliphatic rings. The van der Waals surface area contributed by atoms with E-state index in [4.69, 9.17) is 9.47 Å². The third-order valence-corrected chi connectivity index (χ3v) is 2.78. The van der Waals surface area contributed by atoms with E-state index in [1.165, 1.54) is 12.8 Å². The lowest BCUT2D eigenvalue weighted by molar-refractivity contribution is 0.355. The number of hydrogen-bond donors (Lipinski definition) is 1. The fourth-order valence-electron chi connectivity index (χ4n) is 1.65. The summed E-state index contributed by atoms with van der Waals surface area (Å²) in [5.41, 5.74) is 1.14. The molecule has 0 aromatic heterocycles. The molecule has 3 heteroatoms. The highest BCUT2D eigenvalue weighted by Gasteiger charge is 2.20. The van der Waals surface area contributed by atoms with E-state index in [1.807, 2.05) is 18.2 Å². The number of methoxy groups -OCH3 is 1. The van der Waals surface area contributed by atoms with Crippen molar-refractivity contribution in [3.05, 3.63) is 36.4 Å². The molecule has 2 rings (SSSR count). The second-order valence-electron chi connectivity index (χ2n) is 4.23. The van der Waals surface area contributed by atoms with E-state index in [-0.39, 0.29) is 0 Å². The lowest BCUT2D eigenvalue weighted by Crippen LogP contribution is -2.16. The normalized spacial score (nSPS) is 14.4. The van der Waals surface area contributed by atoms with Gasteiger partial charge in [-0.1, -0.05) is 12.7 Å². The average molecular weight is 233 g/mol. The van der Waals surface area contributed by atoms with Crippen molar-refractivity contribution in [3.8, 4) is 11.5 Å². The van der Waals surface area contributed by atoms with E-state index in [1.54, 1.807) is 13.2 Å². The highest BCUT2D eigenvalue weighted by molar-refractivity contribution is 5.40. The molecule has 1 fully saturated rings. The van der Waals surface area contributed by atoms with Gasteiger partial charge in [-0.25, -0.2) is 0 Å². The van der Waals surface area contributed by atoms with Crippen LogP contribution in [0.1, 0.15) is 18.4 Å². The summed E-state index contributed by atoms with van der Waals surface area (Å²) < 4.78 is 10.9. The Balaban J connectivity index is 2.07. The van der Waals surface area contributed by atoms with Crippen LogP contribution in [0.15, 0.2) is 30.9 Å². The molecule has 1 aromatic carbocycles. The number of rotatable bonds is 7. The highest BCUT2D eigenvalue weighted by atomic mass is 16.5. The molecule has 0 bridgehead atoms. The van der Waals surface area contributed by atoms with Crippen LogP contribution in [-0.2, 0) is 6.54 Å². The van der Waals surface area contributed by atoms with Gasteiger partial charge in [0.15, 0.2) is 0 Å². The van der Waals surface area contributed by atoms with E-state index < -0.39 is 0 Å². The molecular formula is C14H19NO2. The van der Waals surface area contributed by atoms with E-state index in [0.717, 1.165) is 23.6 Å². The van der Waals surface area contributed by atoms with Gasteiger partial charge < -0.3 is 14.8 Å². The average Bonchev–Trinajstić information content (AvgIpc) is 3.18. The highest BCUT2D eigenvalue weighted by Crippen LogP contribution is 2.26. The van der Waals surface area contributed by atoms with Crippen LogP contribution in [0, 0.1) is 0 Å². The zero-order valence-corrected chi connectivity index (χ0v) is 10.2. The third-order valence-electron chi connectivity index (χ3n) is 2.78. The minimum atomic E-state index is 0.531. The first-order valence-corrected chi connectivity index (χ1v) is 5.97. The van der Waals surface area contributed by atoms with Gasteiger partial charge in [0.05, 0.1) is 7.11 Å². The third kappa shape index (κ3) is 3.49. The molecular weight excluding hydrogens is 214 g/mol. The van der Waals surface area contributed by atoms with Crippen molar-refractivity contribution in [1.29, 1.82) is 0 Å². The summed E-state index contributed by atoms with van der Waals surface area (Å²) >= 11 is 0. The Morgan fingerprint density at radius 3 is 2.94 bits per heavy atom. The van der Waals surface area contributed by atoms with Gasteiger partial charge in [0.2, 0.25) is 0 Å². The smallest absolute Gasteiger partial charge is 0.124 e. The van der Waals surface area contributed by atoms with Crippen LogP contribution >= 0.6 is 0 Å². The van der Waals surface area contributed by atoms with Crippen molar-refractivity contribution in [1.82, 2.24) is 5.32 Å². The van der Waals surface area contributed by atoms with Crippen molar-refractivity contribution in [3.63, 3.8) is 0 Å². The Kier molecular flexibility index (Phi) is 4.04. The lowest BCUT2D eigenvalue weighted by Gasteiger charge is -2.12.